The van der Waals surface area contributed by atoms with Crippen molar-refractivity contribution >= 4 is 23.0 Å². The zero-order valence-corrected chi connectivity index (χ0v) is 16.5. The molecule has 3 aromatic rings. The largest absolute Gasteiger partial charge is 0.337 e. The van der Waals surface area contributed by atoms with Gasteiger partial charge in [-0.1, -0.05) is 50.2 Å². The normalized spacial score (nSPS) is 15.6. The fourth-order valence-electron chi connectivity index (χ4n) is 3.95. The summed E-state index contributed by atoms with van der Waals surface area (Å²) in [6.07, 6.45) is 4.45. The molecule has 0 aliphatic carbocycles. The smallest absolute Gasteiger partial charge is 0.257 e. The number of benzene rings is 2. The number of carbonyl (C=O) groups excluding carboxylic acids is 1. The number of pyridine rings is 1. The van der Waals surface area contributed by atoms with Crippen molar-refractivity contribution in [2.75, 3.05) is 10.2 Å². The van der Waals surface area contributed by atoms with Crippen LogP contribution in [0.4, 0.5) is 17.1 Å². The number of carbonyl (C=O) groups is 1. The van der Waals surface area contributed by atoms with E-state index in [9.17, 15) is 4.79 Å². The second-order valence-corrected chi connectivity index (χ2v) is 7.68. The SMILES string of the molecule is CC(C)c1ccccc1NC(=O)c1cncc(N2c3ccccc3CC2C)c1. The fraction of sp³-hybridized carbons (Fsp3) is 0.250. The number of fused-ring (bicyclic) bond motifs is 1. The summed E-state index contributed by atoms with van der Waals surface area (Å²) in [6.45, 7) is 6.45. The minimum atomic E-state index is -0.136. The molecule has 0 saturated heterocycles. The summed E-state index contributed by atoms with van der Waals surface area (Å²) in [7, 11) is 0. The highest BCUT2D eigenvalue weighted by Gasteiger charge is 2.27. The molecule has 142 valence electrons. The summed E-state index contributed by atoms with van der Waals surface area (Å²) in [6, 6.07) is 18.6. The lowest BCUT2D eigenvalue weighted by Crippen LogP contribution is -2.24. The van der Waals surface area contributed by atoms with Crippen LogP contribution >= 0.6 is 0 Å². The van der Waals surface area contributed by atoms with Gasteiger partial charge in [0.15, 0.2) is 0 Å². The van der Waals surface area contributed by atoms with Crippen LogP contribution in [-0.4, -0.2) is 16.9 Å². The summed E-state index contributed by atoms with van der Waals surface area (Å²) >= 11 is 0. The van der Waals surface area contributed by atoms with Crippen molar-refractivity contribution in [3.8, 4) is 0 Å². The van der Waals surface area contributed by atoms with Gasteiger partial charge in [0.25, 0.3) is 5.91 Å². The van der Waals surface area contributed by atoms with Crippen LogP contribution in [-0.2, 0) is 6.42 Å². The molecule has 1 atom stereocenters. The van der Waals surface area contributed by atoms with E-state index in [0.29, 0.717) is 17.5 Å². The third-order valence-electron chi connectivity index (χ3n) is 5.30. The Morgan fingerprint density at radius 1 is 1.11 bits per heavy atom. The third-order valence-corrected chi connectivity index (χ3v) is 5.30. The molecule has 0 saturated carbocycles. The molecule has 4 rings (SSSR count). The Morgan fingerprint density at radius 3 is 2.68 bits per heavy atom. The monoisotopic (exact) mass is 371 g/mol. The van der Waals surface area contributed by atoms with Crippen molar-refractivity contribution in [3.05, 3.63) is 83.7 Å². The number of para-hydroxylation sites is 2. The Hall–Kier alpha value is -3.14. The quantitative estimate of drug-likeness (QED) is 0.655. The number of anilines is 3. The summed E-state index contributed by atoms with van der Waals surface area (Å²) in [5.74, 6) is 0.200. The highest BCUT2D eigenvalue weighted by molar-refractivity contribution is 6.05. The molecule has 2 heterocycles. The van der Waals surface area contributed by atoms with Crippen molar-refractivity contribution in [3.63, 3.8) is 0 Å². The first kappa shape index (κ1) is 18.2. The molecule has 0 radical (unpaired) electrons. The molecule has 4 nitrogen and oxygen atoms in total. The average molecular weight is 371 g/mol. The van der Waals surface area contributed by atoms with Gasteiger partial charge in [0.05, 0.1) is 17.4 Å². The predicted molar refractivity (Wildman–Crippen MR) is 114 cm³/mol. The lowest BCUT2D eigenvalue weighted by atomic mass is 10.0. The predicted octanol–water partition coefficient (Wildman–Crippen LogP) is 5.54. The molecule has 1 aliphatic heterocycles. The van der Waals surface area contributed by atoms with Gasteiger partial charge in [0.2, 0.25) is 0 Å². The van der Waals surface area contributed by atoms with Gasteiger partial charge < -0.3 is 10.2 Å². The van der Waals surface area contributed by atoms with Crippen molar-refractivity contribution in [1.29, 1.82) is 0 Å². The number of aromatic nitrogens is 1. The molecule has 1 amide bonds. The minimum absolute atomic E-state index is 0.136. The highest BCUT2D eigenvalue weighted by Crippen LogP contribution is 2.38. The molecule has 4 heteroatoms. The van der Waals surface area contributed by atoms with Crippen LogP contribution in [0.5, 0.6) is 0 Å². The molecule has 0 fully saturated rings. The molecule has 0 spiro atoms. The Morgan fingerprint density at radius 2 is 1.86 bits per heavy atom. The Kier molecular flexibility index (Phi) is 4.86. The van der Waals surface area contributed by atoms with Crippen LogP contribution in [0.1, 0.15) is 48.2 Å². The summed E-state index contributed by atoms with van der Waals surface area (Å²) in [4.78, 5) is 19.5. The molecule has 1 N–H and O–H groups in total. The van der Waals surface area contributed by atoms with Crippen LogP contribution < -0.4 is 10.2 Å². The van der Waals surface area contributed by atoms with E-state index >= 15 is 0 Å². The first-order valence-electron chi connectivity index (χ1n) is 9.77. The molecule has 0 bridgehead atoms. The van der Waals surface area contributed by atoms with E-state index in [0.717, 1.165) is 23.4 Å². The second-order valence-electron chi connectivity index (χ2n) is 7.68. The van der Waals surface area contributed by atoms with Crippen LogP contribution in [0.3, 0.4) is 0 Å². The van der Waals surface area contributed by atoms with Crippen molar-refractivity contribution < 1.29 is 4.79 Å². The van der Waals surface area contributed by atoms with E-state index in [1.54, 1.807) is 6.20 Å². The number of nitrogens with one attached hydrogen (secondary N) is 1. The highest BCUT2D eigenvalue weighted by atomic mass is 16.1. The van der Waals surface area contributed by atoms with Crippen LogP contribution in [0.15, 0.2) is 67.0 Å². The van der Waals surface area contributed by atoms with Crippen molar-refractivity contribution in [2.45, 2.75) is 39.2 Å². The number of amides is 1. The fourth-order valence-corrected chi connectivity index (χ4v) is 3.95. The summed E-state index contributed by atoms with van der Waals surface area (Å²) < 4.78 is 0. The van der Waals surface area contributed by atoms with Gasteiger partial charge in [0.1, 0.15) is 0 Å². The number of nitrogens with zero attached hydrogens (tertiary/aromatic N) is 2. The van der Waals surface area contributed by atoms with Gasteiger partial charge in [-0.25, -0.2) is 0 Å². The average Bonchev–Trinajstić information content (AvgIpc) is 3.04. The third kappa shape index (κ3) is 3.38. The van der Waals surface area contributed by atoms with Crippen LogP contribution in [0.2, 0.25) is 0 Å². The Balaban J connectivity index is 1.62. The van der Waals surface area contributed by atoms with E-state index < -0.39 is 0 Å². The standard InChI is InChI=1S/C24H25N3O/c1-16(2)21-9-5-6-10-22(21)26-24(28)19-13-20(15-25-14-19)27-17(3)12-18-8-4-7-11-23(18)27/h4-11,13-17H,12H2,1-3H3,(H,26,28). The number of hydrogen-bond acceptors (Lipinski definition) is 3. The van der Waals surface area contributed by atoms with Gasteiger partial charge in [-0.05, 0) is 48.6 Å². The van der Waals surface area contributed by atoms with E-state index in [2.05, 4.69) is 66.3 Å². The van der Waals surface area contributed by atoms with Crippen LogP contribution in [0.25, 0.3) is 0 Å². The van der Waals surface area contributed by atoms with Gasteiger partial charge in [-0.2, -0.15) is 0 Å². The first-order valence-corrected chi connectivity index (χ1v) is 9.77. The zero-order chi connectivity index (χ0) is 19.7. The summed E-state index contributed by atoms with van der Waals surface area (Å²) in [5.41, 5.74) is 6.01. The van der Waals surface area contributed by atoms with Crippen molar-refractivity contribution in [1.82, 2.24) is 4.98 Å². The zero-order valence-electron chi connectivity index (χ0n) is 16.5. The maximum Gasteiger partial charge on any atom is 0.257 e. The van der Waals surface area contributed by atoms with Gasteiger partial charge in [-0.15, -0.1) is 0 Å². The molecule has 1 unspecified atom stereocenters. The van der Waals surface area contributed by atoms with E-state index in [1.807, 2.05) is 30.5 Å². The Bertz CT molecular complexity index is 1010. The summed E-state index contributed by atoms with van der Waals surface area (Å²) in [5, 5.41) is 3.06. The van der Waals surface area contributed by atoms with E-state index in [-0.39, 0.29) is 5.91 Å². The van der Waals surface area contributed by atoms with E-state index in [4.69, 9.17) is 0 Å². The lowest BCUT2D eigenvalue weighted by Gasteiger charge is -2.25. The maximum absolute atomic E-state index is 12.9. The van der Waals surface area contributed by atoms with Gasteiger partial charge >= 0.3 is 0 Å². The van der Waals surface area contributed by atoms with Gasteiger partial charge in [-0.3, -0.25) is 9.78 Å². The molecule has 28 heavy (non-hydrogen) atoms. The maximum atomic E-state index is 12.9. The Labute approximate surface area is 166 Å². The number of rotatable bonds is 4. The minimum Gasteiger partial charge on any atom is -0.337 e. The van der Waals surface area contributed by atoms with Crippen molar-refractivity contribution in [2.24, 2.45) is 0 Å². The van der Waals surface area contributed by atoms with E-state index in [1.165, 1.54) is 11.3 Å². The molecular formula is C24H25N3O. The number of hydrogen-bond donors (Lipinski definition) is 1. The van der Waals surface area contributed by atoms with Gasteiger partial charge in [0, 0.05) is 23.6 Å². The molecule has 2 aromatic carbocycles. The molecular weight excluding hydrogens is 346 g/mol. The second kappa shape index (κ2) is 7.47. The molecule has 1 aromatic heterocycles. The lowest BCUT2D eigenvalue weighted by molar-refractivity contribution is 0.102. The van der Waals surface area contributed by atoms with Crippen LogP contribution in [0, 0.1) is 0 Å². The molecule has 1 aliphatic rings. The first-order chi connectivity index (χ1) is 13.5. The topological polar surface area (TPSA) is 45.2 Å².